The zero-order valence-corrected chi connectivity index (χ0v) is 13.5. The lowest BCUT2D eigenvalue weighted by Crippen LogP contribution is -2.48. The largest absolute Gasteiger partial charge is 0.390 e. The maximum Gasteiger partial charge on any atom is 0.120 e. The summed E-state index contributed by atoms with van der Waals surface area (Å²) in [6.45, 7) is 2.65. The van der Waals surface area contributed by atoms with Crippen molar-refractivity contribution in [3.05, 3.63) is 53.6 Å². The van der Waals surface area contributed by atoms with E-state index < -0.39 is 0 Å². The number of benzene rings is 1. The van der Waals surface area contributed by atoms with Gasteiger partial charge in [-0.15, -0.1) is 0 Å². The van der Waals surface area contributed by atoms with E-state index in [9.17, 15) is 5.11 Å². The van der Waals surface area contributed by atoms with Crippen molar-refractivity contribution in [1.82, 2.24) is 20.2 Å². The van der Waals surface area contributed by atoms with Gasteiger partial charge in [-0.2, -0.15) is 0 Å². The van der Waals surface area contributed by atoms with Gasteiger partial charge < -0.3 is 15.4 Å². The Kier molecular flexibility index (Phi) is 3.71. The van der Waals surface area contributed by atoms with E-state index in [-0.39, 0.29) is 17.6 Å². The summed E-state index contributed by atoms with van der Waals surface area (Å²) in [5.74, 6) is 0.934. The van der Waals surface area contributed by atoms with E-state index >= 15 is 0 Å². The monoisotopic (exact) mass is 312 g/mol. The summed E-state index contributed by atoms with van der Waals surface area (Å²) in [6, 6.07) is 8.60. The summed E-state index contributed by atoms with van der Waals surface area (Å²) in [5.41, 5.74) is 2.51. The zero-order valence-electron chi connectivity index (χ0n) is 13.5. The van der Waals surface area contributed by atoms with Crippen molar-refractivity contribution in [3.8, 4) is 0 Å². The number of aromatic amines is 1. The molecular weight excluding hydrogens is 288 g/mol. The highest BCUT2D eigenvalue weighted by Crippen LogP contribution is 2.51. The number of hydrogen-bond donors (Lipinski definition) is 3. The number of aliphatic hydroxyl groups excluding tert-OH is 1. The standard InChI is InChI=1S/C18H24N4O/c1-22(12-15-20-10-11-21-15)16-13-4-2-3-5-14(13)18(17(16)23)6-8-19-9-7-18/h2-5,10-11,16-17,19,23H,6-9,12H2,1H3,(H,20,21)/t16-,17+/m1/s1. The summed E-state index contributed by atoms with van der Waals surface area (Å²) in [6.07, 6.45) is 5.24. The minimum absolute atomic E-state index is 0.0226. The molecule has 5 nitrogen and oxygen atoms in total. The molecule has 2 aromatic rings. The molecule has 0 bridgehead atoms. The fourth-order valence-corrected chi connectivity index (χ4v) is 4.48. The Morgan fingerprint density at radius 3 is 2.83 bits per heavy atom. The molecule has 2 heterocycles. The molecule has 2 atom stereocenters. The molecule has 1 fully saturated rings. The normalized spacial score (nSPS) is 25.9. The van der Waals surface area contributed by atoms with Gasteiger partial charge >= 0.3 is 0 Å². The van der Waals surface area contributed by atoms with E-state index in [1.54, 1.807) is 6.20 Å². The lowest BCUT2D eigenvalue weighted by Gasteiger charge is -2.40. The van der Waals surface area contributed by atoms with E-state index in [1.807, 2.05) is 6.20 Å². The van der Waals surface area contributed by atoms with Crippen LogP contribution in [0.2, 0.25) is 0 Å². The lowest BCUT2D eigenvalue weighted by atomic mass is 9.72. The first kappa shape index (κ1) is 14.9. The topological polar surface area (TPSA) is 64.2 Å². The van der Waals surface area contributed by atoms with Gasteiger partial charge in [0.25, 0.3) is 0 Å². The van der Waals surface area contributed by atoms with Crippen LogP contribution in [0.3, 0.4) is 0 Å². The van der Waals surface area contributed by atoms with Crippen LogP contribution in [0, 0.1) is 0 Å². The van der Waals surface area contributed by atoms with Gasteiger partial charge in [0, 0.05) is 17.8 Å². The van der Waals surface area contributed by atoms with E-state index in [4.69, 9.17) is 0 Å². The van der Waals surface area contributed by atoms with Gasteiger partial charge in [-0.05, 0) is 44.1 Å². The molecule has 0 radical (unpaired) electrons. The number of H-pyrrole nitrogens is 1. The molecule has 0 amide bonds. The van der Waals surface area contributed by atoms with Gasteiger partial charge in [0.15, 0.2) is 0 Å². The van der Waals surface area contributed by atoms with E-state index in [0.29, 0.717) is 6.54 Å². The molecule has 23 heavy (non-hydrogen) atoms. The maximum atomic E-state index is 11.3. The number of aliphatic hydroxyl groups is 1. The Labute approximate surface area is 136 Å². The fraction of sp³-hybridized carbons (Fsp3) is 0.500. The molecule has 1 spiro atoms. The Hall–Kier alpha value is -1.69. The van der Waals surface area contributed by atoms with Crippen LogP contribution in [-0.2, 0) is 12.0 Å². The average Bonchev–Trinajstić information content (AvgIpc) is 3.16. The van der Waals surface area contributed by atoms with Crippen molar-refractivity contribution in [1.29, 1.82) is 0 Å². The summed E-state index contributed by atoms with van der Waals surface area (Å²) >= 11 is 0. The van der Waals surface area contributed by atoms with Gasteiger partial charge in [0.1, 0.15) is 5.82 Å². The zero-order chi connectivity index (χ0) is 15.9. The highest BCUT2D eigenvalue weighted by molar-refractivity contribution is 5.45. The van der Waals surface area contributed by atoms with Crippen molar-refractivity contribution in [3.63, 3.8) is 0 Å². The molecule has 1 aromatic carbocycles. The van der Waals surface area contributed by atoms with Crippen molar-refractivity contribution >= 4 is 0 Å². The van der Waals surface area contributed by atoms with E-state index in [0.717, 1.165) is 31.8 Å². The molecule has 4 rings (SSSR count). The molecular formula is C18H24N4O. The van der Waals surface area contributed by atoms with Gasteiger partial charge in [-0.25, -0.2) is 4.98 Å². The van der Waals surface area contributed by atoms with Crippen LogP contribution in [0.4, 0.5) is 0 Å². The average molecular weight is 312 g/mol. The third kappa shape index (κ3) is 2.31. The number of nitrogens with one attached hydrogen (secondary N) is 2. The number of hydrogen-bond acceptors (Lipinski definition) is 4. The number of piperidine rings is 1. The summed E-state index contributed by atoms with van der Waals surface area (Å²) in [7, 11) is 2.08. The number of likely N-dealkylation sites (N-methyl/N-ethyl adjacent to an activating group) is 1. The summed E-state index contributed by atoms with van der Waals surface area (Å²) < 4.78 is 0. The van der Waals surface area contributed by atoms with Gasteiger partial charge in [0.05, 0.1) is 18.7 Å². The van der Waals surface area contributed by atoms with Crippen molar-refractivity contribution in [2.45, 2.75) is 36.9 Å². The molecule has 1 aromatic heterocycles. The SMILES string of the molecule is CN(Cc1ncc[nH]1)[C@@H]1c2ccccc2C2(CCNCC2)[C@H]1O. The molecule has 1 aliphatic heterocycles. The van der Waals surface area contributed by atoms with Crippen molar-refractivity contribution < 1.29 is 5.11 Å². The van der Waals surface area contributed by atoms with Crippen molar-refractivity contribution in [2.75, 3.05) is 20.1 Å². The second-order valence-corrected chi connectivity index (χ2v) is 6.83. The minimum Gasteiger partial charge on any atom is -0.390 e. The number of imidazole rings is 1. The minimum atomic E-state index is -0.373. The van der Waals surface area contributed by atoms with Crippen LogP contribution in [0.15, 0.2) is 36.7 Å². The smallest absolute Gasteiger partial charge is 0.120 e. The molecule has 2 aliphatic rings. The third-order valence-electron chi connectivity index (χ3n) is 5.61. The van der Waals surface area contributed by atoms with Gasteiger partial charge in [-0.3, -0.25) is 4.90 Å². The Morgan fingerprint density at radius 1 is 1.30 bits per heavy atom. The summed E-state index contributed by atoms with van der Waals surface area (Å²) in [4.78, 5) is 9.70. The first-order valence-electron chi connectivity index (χ1n) is 8.39. The molecule has 0 saturated carbocycles. The van der Waals surface area contributed by atoms with Crippen LogP contribution in [0.1, 0.15) is 35.8 Å². The Bertz CT molecular complexity index is 663. The molecule has 3 N–H and O–H groups in total. The number of nitrogens with zero attached hydrogens (tertiary/aromatic N) is 2. The molecule has 1 aliphatic carbocycles. The van der Waals surface area contributed by atoms with Crippen molar-refractivity contribution in [2.24, 2.45) is 0 Å². The number of rotatable bonds is 3. The predicted molar refractivity (Wildman–Crippen MR) is 89.0 cm³/mol. The second kappa shape index (κ2) is 5.74. The Morgan fingerprint density at radius 2 is 2.09 bits per heavy atom. The van der Waals surface area contributed by atoms with Crippen LogP contribution in [0.5, 0.6) is 0 Å². The molecule has 5 heteroatoms. The predicted octanol–water partition coefficient (Wildman–Crippen LogP) is 1.58. The fourth-order valence-electron chi connectivity index (χ4n) is 4.48. The van der Waals surface area contributed by atoms with E-state index in [2.05, 4.69) is 51.5 Å². The molecule has 1 saturated heterocycles. The van der Waals surface area contributed by atoms with Crippen LogP contribution in [-0.4, -0.2) is 46.2 Å². The van der Waals surface area contributed by atoms with Gasteiger partial charge in [0.2, 0.25) is 0 Å². The number of aromatic nitrogens is 2. The first-order chi connectivity index (χ1) is 11.2. The number of fused-ring (bicyclic) bond motifs is 2. The third-order valence-corrected chi connectivity index (χ3v) is 5.61. The maximum absolute atomic E-state index is 11.3. The summed E-state index contributed by atoms with van der Waals surface area (Å²) in [5, 5.41) is 14.7. The van der Waals surface area contributed by atoms with Crippen LogP contribution < -0.4 is 5.32 Å². The molecule has 0 unspecified atom stereocenters. The molecule has 122 valence electrons. The van der Waals surface area contributed by atoms with Gasteiger partial charge in [-0.1, -0.05) is 24.3 Å². The van der Waals surface area contributed by atoms with E-state index in [1.165, 1.54) is 11.1 Å². The van der Waals surface area contributed by atoms with Crippen LogP contribution in [0.25, 0.3) is 0 Å². The van der Waals surface area contributed by atoms with Crippen LogP contribution >= 0.6 is 0 Å². The lowest BCUT2D eigenvalue weighted by molar-refractivity contribution is 0.00358. The second-order valence-electron chi connectivity index (χ2n) is 6.83. The highest BCUT2D eigenvalue weighted by Gasteiger charge is 2.52. The first-order valence-corrected chi connectivity index (χ1v) is 8.39. The highest BCUT2D eigenvalue weighted by atomic mass is 16.3. The quantitative estimate of drug-likeness (QED) is 0.805. The Balaban J connectivity index is 1.70.